The van der Waals surface area contributed by atoms with Crippen molar-refractivity contribution in [3.63, 3.8) is 0 Å². The monoisotopic (exact) mass is 490 g/mol. The lowest BCUT2D eigenvalue weighted by atomic mass is 10.1. The normalized spacial score (nSPS) is 14.0. The number of aromatic nitrogens is 3. The first kappa shape index (κ1) is 26.2. The third-order valence-corrected chi connectivity index (χ3v) is 5.76. The summed E-state index contributed by atoms with van der Waals surface area (Å²) in [5, 5.41) is 0. The molecule has 3 aromatic rings. The summed E-state index contributed by atoms with van der Waals surface area (Å²) < 4.78 is 1.51. The van der Waals surface area contributed by atoms with Crippen LogP contribution in [0.25, 0.3) is 0 Å². The van der Waals surface area contributed by atoms with Gasteiger partial charge in [-0.2, -0.15) is 0 Å². The number of nitrogens with zero attached hydrogens (tertiary/aromatic N) is 4. The second-order valence-electron chi connectivity index (χ2n) is 7.84. The fraction of sp³-hybridized carbons (Fsp3) is 0.304. The van der Waals surface area contributed by atoms with Gasteiger partial charge in [0.1, 0.15) is 11.9 Å². The fourth-order valence-electron chi connectivity index (χ4n) is 4.07. The van der Waals surface area contributed by atoms with Crippen LogP contribution >= 0.6 is 24.8 Å². The number of pyridine rings is 1. The van der Waals surface area contributed by atoms with E-state index in [-0.39, 0.29) is 30.4 Å². The highest BCUT2D eigenvalue weighted by Gasteiger charge is 2.30. The average molecular weight is 491 g/mol. The van der Waals surface area contributed by atoms with Crippen LogP contribution in [0.4, 0.5) is 11.6 Å². The van der Waals surface area contributed by atoms with Gasteiger partial charge in [0.15, 0.2) is 5.82 Å². The van der Waals surface area contributed by atoms with Crippen molar-refractivity contribution in [3.05, 3.63) is 81.5 Å². The first-order valence-corrected chi connectivity index (χ1v) is 10.3. The van der Waals surface area contributed by atoms with Crippen LogP contribution in [0.2, 0.25) is 0 Å². The van der Waals surface area contributed by atoms with Crippen molar-refractivity contribution in [3.8, 4) is 0 Å². The summed E-state index contributed by atoms with van der Waals surface area (Å²) >= 11 is 0. The Morgan fingerprint density at radius 3 is 2.58 bits per heavy atom. The minimum atomic E-state index is -0.625. The Morgan fingerprint density at radius 2 is 1.91 bits per heavy atom. The van der Waals surface area contributed by atoms with Crippen molar-refractivity contribution in [2.24, 2.45) is 5.73 Å². The number of benzene rings is 1. The highest BCUT2D eigenvalue weighted by Crippen LogP contribution is 2.24. The van der Waals surface area contributed by atoms with E-state index in [0.29, 0.717) is 37.6 Å². The summed E-state index contributed by atoms with van der Waals surface area (Å²) in [6.45, 7) is 2.93. The molecule has 0 saturated heterocycles. The molecule has 2 aromatic heterocycles. The molecule has 3 heterocycles. The summed E-state index contributed by atoms with van der Waals surface area (Å²) in [5.74, 6) is 0.272. The molecule has 10 heteroatoms. The molecule has 0 spiro atoms. The average Bonchev–Trinajstić information content (AvgIpc) is 3.19. The third kappa shape index (κ3) is 5.64. The molecular formula is C23H28Cl2N6O2. The minimum Gasteiger partial charge on any atom is -0.384 e. The molecule has 4 N–H and O–H groups in total. The molecule has 1 aromatic carbocycles. The number of nitrogen functional groups attached to an aromatic ring is 1. The Labute approximate surface area is 204 Å². The SMILES string of the molecule is Cc1nc(N)ccc1CN(CCc1ccccc1)c1ncc2n(c1=O)[C@@H](C(N)=O)CC2.Cl.Cl. The number of anilines is 2. The number of rotatable bonds is 7. The first-order chi connectivity index (χ1) is 14.9. The summed E-state index contributed by atoms with van der Waals surface area (Å²) in [6.07, 6.45) is 3.57. The van der Waals surface area contributed by atoms with Gasteiger partial charge in [-0.1, -0.05) is 36.4 Å². The quantitative estimate of drug-likeness (QED) is 0.524. The van der Waals surface area contributed by atoms with E-state index in [0.717, 1.165) is 28.9 Å². The summed E-state index contributed by atoms with van der Waals surface area (Å²) in [7, 11) is 0. The number of carbonyl (C=O) groups is 1. The standard InChI is InChI=1S/C23H26N6O2.2ClH/c1-15-17(7-10-20(24)27-15)14-28(12-11-16-5-3-2-4-6-16)22-23(31)29-18(13-26-22)8-9-19(29)21(25)30;;/h2-7,10,13,19H,8-9,11-12,14H2,1H3,(H2,24,27)(H2,25,30);2*1H/t19-;;/m1../s1. The zero-order valence-electron chi connectivity index (χ0n) is 18.3. The van der Waals surface area contributed by atoms with Gasteiger partial charge in [0.05, 0.1) is 0 Å². The second-order valence-corrected chi connectivity index (χ2v) is 7.84. The highest BCUT2D eigenvalue weighted by molar-refractivity contribution is 5.85. The molecule has 0 unspecified atom stereocenters. The van der Waals surface area contributed by atoms with E-state index in [1.165, 1.54) is 4.57 Å². The number of aryl methyl sites for hydroxylation is 2. The number of hydrogen-bond acceptors (Lipinski definition) is 6. The van der Waals surface area contributed by atoms with E-state index in [2.05, 4.69) is 22.1 Å². The van der Waals surface area contributed by atoms with Crippen molar-refractivity contribution in [1.82, 2.24) is 14.5 Å². The second kappa shape index (κ2) is 11.2. The van der Waals surface area contributed by atoms with Crippen LogP contribution in [0.5, 0.6) is 0 Å². The maximum Gasteiger partial charge on any atom is 0.294 e. The molecule has 0 aliphatic carbocycles. The summed E-state index contributed by atoms with van der Waals surface area (Å²) in [5.41, 5.74) is 14.7. The van der Waals surface area contributed by atoms with Crippen molar-refractivity contribution in [1.29, 1.82) is 0 Å². The van der Waals surface area contributed by atoms with Crippen LogP contribution in [0, 0.1) is 6.92 Å². The minimum absolute atomic E-state index is 0. The van der Waals surface area contributed by atoms with Gasteiger partial charge in [-0.15, -0.1) is 24.8 Å². The number of carbonyl (C=O) groups excluding carboxylic acids is 1. The Morgan fingerprint density at radius 1 is 1.18 bits per heavy atom. The molecule has 0 saturated carbocycles. The van der Waals surface area contributed by atoms with E-state index in [1.54, 1.807) is 12.3 Å². The van der Waals surface area contributed by atoms with E-state index in [4.69, 9.17) is 11.5 Å². The number of amides is 1. The largest absolute Gasteiger partial charge is 0.384 e. The highest BCUT2D eigenvalue weighted by atomic mass is 35.5. The maximum absolute atomic E-state index is 13.4. The first-order valence-electron chi connectivity index (χ1n) is 10.3. The van der Waals surface area contributed by atoms with Crippen LogP contribution in [-0.4, -0.2) is 27.0 Å². The van der Waals surface area contributed by atoms with Crippen LogP contribution in [0.3, 0.4) is 0 Å². The van der Waals surface area contributed by atoms with E-state index in [9.17, 15) is 9.59 Å². The number of halogens is 2. The topological polar surface area (TPSA) is 120 Å². The number of hydrogen-bond donors (Lipinski definition) is 2. The van der Waals surface area contributed by atoms with Gasteiger partial charge in [0.25, 0.3) is 5.56 Å². The van der Waals surface area contributed by atoms with E-state index in [1.807, 2.05) is 36.1 Å². The number of fused-ring (bicyclic) bond motifs is 1. The lowest BCUT2D eigenvalue weighted by Crippen LogP contribution is -2.38. The molecule has 0 bridgehead atoms. The van der Waals surface area contributed by atoms with Gasteiger partial charge < -0.3 is 16.4 Å². The Bertz CT molecular complexity index is 1170. The van der Waals surface area contributed by atoms with Crippen LogP contribution < -0.4 is 21.9 Å². The molecule has 176 valence electrons. The Balaban J connectivity index is 0.00000193. The molecule has 4 rings (SSSR count). The molecule has 1 atom stereocenters. The van der Waals surface area contributed by atoms with Crippen molar-refractivity contribution < 1.29 is 4.79 Å². The van der Waals surface area contributed by atoms with E-state index >= 15 is 0 Å². The molecule has 8 nitrogen and oxygen atoms in total. The van der Waals surface area contributed by atoms with Crippen molar-refractivity contribution >= 4 is 42.4 Å². The Hall–Kier alpha value is -3.10. The lowest BCUT2D eigenvalue weighted by molar-refractivity contribution is -0.121. The zero-order chi connectivity index (χ0) is 22.0. The smallest absolute Gasteiger partial charge is 0.294 e. The van der Waals surface area contributed by atoms with Crippen LogP contribution in [0.1, 0.15) is 35.0 Å². The van der Waals surface area contributed by atoms with Gasteiger partial charge >= 0.3 is 0 Å². The van der Waals surface area contributed by atoms with E-state index < -0.39 is 11.9 Å². The van der Waals surface area contributed by atoms with Gasteiger partial charge in [0, 0.05) is 30.7 Å². The van der Waals surface area contributed by atoms with Gasteiger partial charge in [0.2, 0.25) is 5.91 Å². The van der Waals surface area contributed by atoms with Crippen LogP contribution in [-0.2, 0) is 24.2 Å². The Kier molecular flexibility index (Phi) is 8.84. The predicted molar refractivity (Wildman–Crippen MR) is 134 cm³/mol. The number of nitrogens with two attached hydrogens (primary N) is 2. The maximum atomic E-state index is 13.4. The lowest BCUT2D eigenvalue weighted by Gasteiger charge is -2.25. The van der Waals surface area contributed by atoms with Crippen LogP contribution in [0.15, 0.2) is 53.5 Å². The summed E-state index contributed by atoms with van der Waals surface area (Å²) in [6, 6.07) is 13.1. The molecule has 1 aliphatic heterocycles. The molecule has 1 amide bonds. The van der Waals surface area contributed by atoms with Gasteiger partial charge in [-0.05, 0) is 43.4 Å². The zero-order valence-corrected chi connectivity index (χ0v) is 19.9. The predicted octanol–water partition coefficient (Wildman–Crippen LogP) is 2.59. The fourth-order valence-corrected chi connectivity index (χ4v) is 4.07. The third-order valence-electron chi connectivity index (χ3n) is 5.76. The molecule has 33 heavy (non-hydrogen) atoms. The van der Waals surface area contributed by atoms with Gasteiger partial charge in [-0.25, -0.2) is 9.97 Å². The summed E-state index contributed by atoms with van der Waals surface area (Å²) in [4.78, 5) is 36.0. The molecule has 0 radical (unpaired) electrons. The molecular weight excluding hydrogens is 463 g/mol. The van der Waals surface area contributed by atoms with Gasteiger partial charge in [-0.3, -0.25) is 14.2 Å². The molecule has 1 aliphatic rings. The molecule has 0 fully saturated rings. The van der Waals surface area contributed by atoms with Crippen molar-refractivity contribution in [2.75, 3.05) is 17.2 Å². The van der Waals surface area contributed by atoms with Crippen molar-refractivity contribution in [2.45, 2.75) is 38.8 Å². The number of primary amides is 1.